The molecule has 0 aliphatic carbocycles. The molecule has 2 nitrogen and oxygen atoms in total. The van der Waals surface area contributed by atoms with E-state index in [0.29, 0.717) is 0 Å². The molecule has 0 radical (unpaired) electrons. The van der Waals surface area contributed by atoms with Crippen LogP contribution < -0.4 is 5.32 Å². The quantitative estimate of drug-likeness (QED) is 0.735. The fourth-order valence-electron chi connectivity index (χ4n) is 1.64. The molecule has 0 heterocycles. The van der Waals surface area contributed by atoms with Crippen molar-refractivity contribution >= 4 is 50.9 Å². The van der Waals surface area contributed by atoms with Crippen LogP contribution in [0, 0.1) is 0 Å². The van der Waals surface area contributed by atoms with Crippen molar-refractivity contribution in [1.82, 2.24) is 0 Å². The second kappa shape index (κ2) is 7.16. The molecule has 1 N–H and O–H groups in total. The van der Waals surface area contributed by atoms with Crippen LogP contribution in [0.3, 0.4) is 0 Å². The Hall–Kier alpha value is -0.970. The van der Waals surface area contributed by atoms with Crippen molar-refractivity contribution in [2.24, 2.45) is 0 Å². The summed E-state index contributed by atoms with van der Waals surface area (Å²) < 4.78 is 0.982. The molecule has 5 heteroatoms. The van der Waals surface area contributed by atoms with Gasteiger partial charge in [-0.05, 0) is 42.0 Å². The summed E-state index contributed by atoms with van der Waals surface area (Å²) in [6.45, 7) is 1.50. The first-order chi connectivity index (χ1) is 9.54. The normalized spacial score (nSPS) is 10.3. The third-order valence-corrected chi connectivity index (χ3v) is 4.49. The monoisotopic (exact) mass is 369 g/mol. The summed E-state index contributed by atoms with van der Waals surface area (Å²) >= 11 is 11.3. The van der Waals surface area contributed by atoms with Crippen LogP contribution in [0.5, 0.6) is 0 Å². The molecule has 0 bridgehead atoms. The van der Waals surface area contributed by atoms with Crippen LogP contribution in [0.2, 0.25) is 5.02 Å². The SMILES string of the molecule is CC(=O)Nc1ccc(SCc2ccc(Br)cc2Cl)cc1. The van der Waals surface area contributed by atoms with Crippen LogP contribution in [0.4, 0.5) is 5.69 Å². The van der Waals surface area contributed by atoms with Gasteiger partial charge < -0.3 is 5.32 Å². The lowest BCUT2D eigenvalue weighted by molar-refractivity contribution is -0.114. The van der Waals surface area contributed by atoms with Crippen molar-refractivity contribution in [3.8, 4) is 0 Å². The predicted molar refractivity (Wildman–Crippen MR) is 89.5 cm³/mol. The first-order valence-electron chi connectivity index (χ1n) is 5.99. The van der Waals surface area contributed by atoms with E-state index in [2.05, 4.69) is 21.2 Å². The van der Waals surface area contributed by atoms with Crippen LogP contribution in [-0.2, 0) is 10.5 Å². The molecule has 1 amide bonds. The van der Waals surface area contributed by atoms with E-state index in [4.69, 9.17) is 11.6 Å². The maximum absolute atomic E-state index is 10.9. The third kappa shape index (κ3) is 4.54. The van der Waals surface area contributed by atoms with E-state index in [9.17, 15) is 4.79 Å². The number of thioether (sulfide) groups is 1. The summed E-state index contributed by atoms with van der Waals surface area (Å²) in [5.74, 6) is 0.748. The molecule has 2 rings (SSSR count). The Balaban J connectivity index is 1.98. The van der Waals surface area contributed by atoms with E-state index in [-0.39, 0.29) is 5.91 Å². The van der Waals surface area contributed by atoms with Gasteiger partial charge >= 0.3 is 0 Å². The summed E-state index contributed by atoms with van der Waals surface area (Å²) in [7, 11) is 0. The molecule has 2 aromatic rings. The molecule has 0 saturated carbocycles. The highest BCUT2D eigenvalue weighted by molar-refractivity contribution is 9.10. The number of hydrogen-bond donors (Lipinski definition) is 1. The average Bonchev–Trinajstić information content (AvgIpc) is 2.39. The van der Waals surface area contributed by atoms with Crippen molar-refractivity contribution in [1.29, 1.82) is 0 Å². The van der Waals surface area contributed by atoms with Crippen LogP contribution in [-0.4, -0.2) is 5.91 Å². The van der Waals surface area contributed by atoms with Gasteiger partial charge in [-0.3, -0.25) is 4.79 Å². The van der Waals surface area contributed by atoms with Crippen molar-refractivity contribution < 1.29 is 4.79 Å². The zero-order valence-corrected chi connectivity index (χ0v) is 14.0. The van der Waals surface area contributed by atoms with Gasteiger partial charge in [-0.25, -0.2) is 0 Å². The van der Waals surface area contributed by atoms with Gasteiger partial charge in [-0.2, -0.15) is 0 Å². The lowest BCUT2D eigenvalue weighted by atomic mass is 10.2. The Morgan fingerprint density at radius 3 is 2.55 bits per heavy atom. The van der Waals surface area contributed by atoms with E-state index in [0.717, 1.165) is 31.4 Å². The number of benzene rings is 2. The topological polar surface area (TPSA) is 29.1 Å². The molecular formula is C15H13BrClNOS. The molecular weight excluding hydrogens is 358 g/mol. The number of carbonyl (C=O) groups is 1. The fourth-order valence-corrected chi connectivity index (χ4v) is 3.36. The number of rotatable bonds is 4. The first-order valence-corrected chi connectivity index (χ1v) is 8.14. The Bertz CT molecular complexity index is 616. The molecule has 0 spiro atoms. The minimum absolute atomic E-state index is 0.0629. The minimum Gasteiger partial charge on any atom is -0.326 e. The number of anilines is 1. The van der Waals surface area contributed by atoms with E-state index in [1.54, 1.807) is 11.8 Å². The molecule has 0 aliphatic rings. The van der Waals surface area contributed by atoms with Crippen LogP contribution in [0.25, 0.3) is 0 Å². The highest BCUT2D eigenvalue weighted by Crippen LogP contribution is 2.29. The van der Waals surface area contributed by atoms with Crippen LogP contribution in [0.1, 0.15) is 12.5 Å². The lowest BCUT2D eigenvalue weighted by Crippen LogP contribution is -2.05. The van der Waals surface area contributed by atoms with Crippen molar-refractivity contribution in [2.45, 2.75) is 17.6 Å². The summed E-state index contributed by atoms with van der Waals surface area (Å²) in [5.41, 5.74) is 1.91. The maximum Gasteiger partial charge on any atom is 0.221 e. The van der Waals surface area contributed by atoms with Crippen molar-refractivity contribution in [3.63, 3.8) is 0 Å². The van der Waals surface area contributed by atoms with Gasteiger partial charge in [0.1, 0.15) is 0 Å². The van der Waals surface area contributed by atoms with Gasteiger partial charge in [-0.15, -0.1) is 11.8 Å². The second-order valence-electron chi connectivity index (χ2n) is 4.23. The number of nitrogens with one attached hydrogen (secondary N) is 1. The standard InChI is InChI=1S/C15H13BrClNOS/c1-10(19)18-13-4-6-14(7-5-13)20-9-11-2-3-12(16)8-15(11)17/h2-8H,9H2,1H3,(H,18,19). The summed E-state index contributed by atoms with van der Waals surface area (Å²) in [6.07, 6.45) is 0. The molecule has 0 aromatic heterocycles. The van der Waals surface area contributed by atoms with Gasteiger partial charge in [0.05, 0.1) is 0 Å². The zero-order valence-electron chi connectivity index (χ0n) is 10.8. The molecule has 0 atom stereocenters. The predicted octanol–water partition coefficient (Wildman–Crippen LogP) is 5.35. The third-order valence-electron chi connectivity index (χ3n) is 2.58. The first kappa shape index (κ1) is 15.4. The zero-order chi connectivity index (χ0) is 14.5. The Kier molecular flexibility index (Phi) is 5.52. The highest BCUT2D eigenvalue weighted by atomic mass is 79.9. The van der Waals surface area contributed by atoms with E-state index < -0.39 is 0 Å². The van der Waals surface area contributed by atoms with Gasteiger partial charge in [-0.1, -0.05) is 33.6 Å². The molecule has 0 unspecified atom stereocenters. The number of halogens is 2. The minimum atomic E-state index is -0.0629. The highest BCUT2D eigenvalue weighted by Gasteiger charge is 2.03. The maximum atomic E-state index is 10.9. The molecule has 20 heavy (non-hydrogen) atoms. The largest absolute Gasteiger partial charge is 0.326 e. The Labute approximate surface area is 136 Å². The molecule has 2 aromatic carbocycles. The van der Waals surface area contributed by atoms with E-state index in [1.807, 2.05) is 42.5 Å². The van der Waals surface area contributed by atoms with Crippen LogP contribution >= 0.6 is 39.3 Å². The van der Waals surface area contributed by atoms with Gasteiger partial charge in [0, 0.05) is 32.8 Å². The Morgan fingerprint density at radius 2 is 1.95 bits per heavy atom. The number of amides is 1. The molecule has 104 valence electrons. The molecule has 0 saturated heterocycles. The molecule has 0 aliphatic heterocycles. The molecule has 0 fully saturated rings. The van der Waals surface area contributed by atoms with Crippen molar-refractivity contribution in [3.05, 3.63) is 57.5 Å². The number of hydrogen-bond acceptors (Lipinski definition) is 2. The number of carbonyl (C=O) groups excluding carboxylic acids is 1. The summed E-state index contributed by atoms with van der Waals surface area (Å²) in [5, 5.41) is 3.51. The average molecular weight is 371 g/mol. The van der Waals surface area contributed by atoms with E-state index in [1.165, 1.54) is 6.92 Å². The summed E-state index contributed by atoms with van der Waals surface area (Å²) in [6, 6.07) is 13.7. The lowest BCUT2D eigenvalue weighted by Gasteiger charge is -2.06. The van der Waals surface area contributed by atoms with Gasteiger partial charge in [0.15, 0.2) is 0 Å². The van der Waals surface area contributed by atoms with E-state index >= 15 is 0 Å². The van der Waals surface area contributed by atoms with Gasteiger partial charge in [0.25, 0.3) is 0 Å². The smallest absolute Gasteiger partial charge is 0.221 e. The van der Waals surface area contributed by atoms with Gasteiger partial charge in [0.2, 0.25) is 5.91 Å². The fraction of sp³-hybridized carbons (Fsp3) is 0.133. The second-order valence-corrected chi connectivity index (χ2v) is 6.60. The summed E-state index contributed by atoms with van der Waals surface area (Å²) in [4.78, 5) is 12.1. The van der Waals surface area contributed by atoms with Crippen molar-refractivity contribution in [2.75, 3.05) is 5.32 Å². The van der Waals surface area contributed by atoms with Crippen LogP contribution in [0.15, 0.2) is 51.8 Å². The Morgan fingerprint density at radius 1 is 1.25 bits per heavy atom.